The van der Waals surface area contributed by atoms with E-state index in [0.717, 1.165) is 25.9 Å². The van der Waals surface area contributed by atoms with Gasteiger partial charge in [0.2, 0.25) is 17.8 Å². The van der Waals surface area contributed by atoms with E-state index in [1.54, 1.807) is 0 Å². The van der Waals surface area contributed by atoms with Crippen molar-refractivity contribution in [1.82, 2.24) is 15.0 Å². The number of nitrogen functional groups attached to an aromatic ring is 2. The van der Waals surface area contributed by atoms with E-state index in [9.17, 15) is 0 Å². The predicted octanol–water partition coefficient (Wildman–Crippen LogP) is 3.68. The van der Waals surface area contributed by atoms with Crippen molar-refractivity contribution in [1.29, 1.82) is 0 Å². The number of anilines is 3. The lowest BCUT2D eigenvalue weighted by Gasteiger charge is -2.31. The number of hydrazine groups is 2. The SMILES string of the molecule is CCCCC(CC)CN(CC(CC)CCCC)c1nc(NN)nc(NN)n1. The van der Waals surface area contributed by atoms with Gasteiger partial charge >= 0.3 is 0 Å². The van der Waals surface area contributed by atoms with Crippen LogP contribution in [-0.2, 0) is 0 Å². The van der Waals surface area contributed by atoms with Gasteiger partial charge < -0.3 is 4.90 Å². The summed E-state index contributed by atoms with van der Waals surface area (Å²) in [5.41, 5.74) is 5.03. The zero-order valence-electron chi connectivity index (χ0n) is 17.7. The highest BCUT2D eigenvalue weighted by molar-refractivity contribution is 5.42. The second kappa shape index (κ2) is 13.5. The lowest BCUT2D eigenvalue weighted by molar-refractivity contribution is 0.400. The first kappa shape index (κ1) is 23.4. The maximum Gasteiger partial charge on any atom is 0.243 e. The van der Waals surface area contributed by atoms with Gasteiger partial charge in [0.1, 0.15) is 0 Å². The van der Waals surface area contributed by atoms with Gasteiger partial charge in [0, 0.05) is 13.1 Å². The Morgan fingerprint density at radius 2 is 1.22 bits per heavy atom. The van der Waals surface area contributed by atoms with E-state index in [4.69, 9.17) is 11.7 Å². The Bertz CT molecular complexity index is 470. The first-order valence-electron chi connectivity index (χ1n) is 10.6. The first-order valence-corrected chi connectivity index (χ1v) is 10.6. The minimum absolute atomic E-state index is 0.321. The molecule has 1 rings (SSSR count). The smallest absolute Gasteiger partial charge is 0.243 e. The van der Waals surface area contributed by atoms with Gasteiger partial charge in [-0.2, -0.15) is 15.0 Å². The third-order valence-electron chi connectivity index (χ3n) is 5.21. The van der Waals surface area contributed by atoms with Crippen LogP contribution >= 0.6 is 0 Å². The van der Waals surface area contributed by atoms with Gasteiger partial charge in [-0.3, -0.25) is 10.9 Å². The summed E-state index contributed by atoms with van der Waals surface area (Å²) in [7, 11) is 0. The third-order valence-corrected chi connectivity index (χ3v) is 5.21. The van der Waals surface area contributed by atoms with Crippen molar-refractivity contribution in [2.45, 2.75) is 79.1 Å². The van der Waals surface area contributed by atoms with Crippen LogP contribution in [0, 0.1) is 11.8 Å². The molecule has 6 N–H and O–H groups in total. The lowest BCUT2D eigenvalue weighted by atomic mass is 9.96. The van der Waals surface area contributed by atoms with Crippen LogP contribution < -0.4 is 27.4 Å². The third kappa shape index (κ3) is 8.26. The molecule has 0 radical (unpaired) electrons. The molecule has 0 bridgehead atoms. The van der Waals surface area contributed by atoms with Crippen LogP contribution in [0.1, 0.15) is 79.1 Å². The van der Waals surface area contributed by atoms with Crippen molar-refractivity contribution in [3.05, 3.63) is 0 Å². The number of hydrogen-bond acceptors (Lipinski definition) is 8. The normalized spacial score (nSPS) is 13.3. The average Bonchev–Trinajstić information content (AvgIpc) is 2.72. The summed E-state index contributed by atoms with van der Waals surface area (Å²) in [6, 6.07) is 0. The molecule has 0 fully saturated rings. The standard InChI is InChI=1S/C19H40N8/c1-5-9-11-15(7-3)13-27(14-16(8-4)12-10-6-2)19-23-17(25-20)22-18(24-19)26-21/h15-16H,5-14,20-21H2,1-4H3,(H2,22,23,24,25,26). The molecule has 0 spiro atoms. The Labute approximate surface area is 164 Å². The number of nitrogens with two attached hydrogens (primary N) is 2. The molecule has 2 atom stereocenters. The number of nitrogens with one attached hydrogen (secondary N) is 2. The van der Waals surface area contributed by atoms with Crippen LogP contribution in [0.5, 0.6) is 0 Å². The molecule has 0 aromatic carbocycles. The van der Waals surface area contributed by atoms with Gasteiger partial charge in [-0.15, -0.1) is 0 Å². The van der Waals surface area contributed by atoms with Gasteiger partial charge in [0.15, 0.2) is 0 Å². The number of aromatic nitrogens is 3. The van der Waals surface area contributed by atoms with E-state index in [2.05, 4.69) is 58.4 Å². The molecule has 8 nitrogen and oxygen atoms in total. The van der Waals surface area contributed by atoms with Crippen molar-refractivity contribution >= 4 is 17.8 Å². The van der Waals surface area contributed by atoms with Crippen LogP contribution in [-0.4, -0.2) is 28.0 Å². The van der Waals surface area contributed by atoms with E-state index in [1.165, 1.54) is 38.5 Å². The van der Waals surface area contributed by atoms with Crippen molar-refractivity contribution in [3.8, 4) is 0 Å². The molecule has 0 aliphatic carbocycles. The minimum Gasteiger partial charge on any atom is -0.340 e. The second-order valence-electron chi connectivity index (χ2n) is 7.31. The quantitative estimate of drug-likeness (QED) is 0.269. The van der Waals surface area contributed by atoms with Gasteiger partial charge in [-0.25, -0.2) is 11.7 Å². The van der Waals surface area contributed by atoms with E-state index >= 15 is 0 Å². The monoisotopic (exact) mass is 380 g/mol. The number of hydrogen-bond donors (Lipinski definition) is 4. The fourth-order valence-corrected chi connectivity index (χ4v) is 3.33. The van der Waals surface area contributed by atoms with Crippen LogP contribution in [0.4, 0.5) is 17.8 Å². The van der Waals surface area contributed by atoms with Crippen molar-refractivity contribution < 1.29 is 0 Å². The van der Waals surface area contributed by atoms with Gasteiger partial charge in [-0.05, 0) is 24.7 Å². The van der Waals surface area contributed by atoms with Crippen molar-refractivity contribution in [2.24, 2.45) is 23.5 Å². The van der Waals surface area contributed by atoms with E-state index < -0.39 is 0 Å². The fraction of sp³-hybridized carbons (Fsp3) is 0.842. The number of unbranched alkanes of at least 4 members (excludes halogenated alkanes) is 2. The molecule has 0 saturated heterocycles. The summed E-state index contributed by atoms with van der Waals surface area (Å²) >= 11 is 0. The van der Waals surface area contributed by atoms with Crippen LogP contribution in [0.25, 0.3) is 0 Å². The molecule has 27 heavy (non-hydrogen) atoms. The minimum atomic E-state index is 0.321. The highest BCUT2D eigenvalue weighted by Gasteiger charge is 2.20. The highest BCUT2D eigenvalue weighted by atomic mass is 15.4. The number of nitrogens with zero attached hydrogens (tertiary/aromatic N) is 4. The number of rotatable bonds is 15. The molecule has 0 amide bonds. The summed E-state index contributed by atoms with van der Waals surface area (Å²) in [4.78, 5) is 15.4. The molecule has 1 aromatic heterocycles. The largest absolute Gasteiger partial charge is 0.340 e. The first-order chi connectivity index (χ1) is 13.1. The molecular weight excluding hydrogens is 340 g/mol. The fourth-order valence-electron chi connectivity index (χ4n) is 3.33. The Hall–Kier alpha value is -1.67. The van der Waals surface area contributed by atoms with Crippen LogP contribution in [0.15, 0.2) is 0 Å². The summed E-state index contributed by atoms with van der Waals surface area (Å²) < 4.78 is 0. The van der Waals surface area contributed by atoms with E-state index in [1.807, 2.05) is 0 Å². The molecule has 1 heterocycles. The molecule has 0 saturated carbocycles. The Balaban J connectivity index is 3.07. The van der Waals surface area contributed by atoms with Gasteiger partial charge in [0.25, 0.3) is 0 Å². The maximum absolute atomic E-state index is 5.54. The predicted molar refractivity (Wildman–Crippen MR) is 114 cm³/mol. The lowest BCUT2D eigenvalue weighted by Crippen LogP contribution is -2.36. The molecule has 156 valence electrons. The molecule has 1 aromatic rings. The molecule has 2 unspecified atom stereocenters. The van der Waals surface area contributed by atoms with Gasteiger partial charge in [-0.1, -0.05) is 66.2 Å². The zero-order chi connectivity index (χ0) is 20.1. The maximum atomic E-state index is 5.54. The average molecular weight is 381 g/mol. The van der Waals surface area contributed by atoms with Crippen molar-refractivity contribution in [3.63, 3.8) is 0 Å². The Kier molecular flexibility index (Phi) is 11.7. The topological polar surface area (TPSA) is 118 Å². The zero-order valence-corrected chi connectivity index (χ0v) is 17.7. The molecular formula is C19H40N8. The summed E-state index contributed by atoms with van der Waals surface area (Å²) in [6.45, 7) is 10.9. The molecule has 0 aliphatic rings. The summed E-state index contributed by atoms with van der Waals surface area (Å²) in [5, 5.41) is 0. The summed E-state index contributed by atoms with van der Waals surface area (Å²) in [6.07, 6.45) is 9.70. The second-order valence-corrected chi connectivity index (χ2v) is 7.31. The highest BCUT2D eigenvalue weighted by Crippen LogP contribution is 2.23. The van der Waals surface area contributed by atoms with Crippen molar-refractivity contribution in [2.75, 3.05) is 28.8 Å². The Morgan fingerprint density at radius 1 is 0.778 bits per heavy atom. The van der Waals surface area contributed by atoms with E-state index in [0.29, 0.717) is 29.7 Å². The van der Waals surface area contributed by atoms with Gasteiger partial charge in [0.05, 0.1) is 0 Å². The molecule has 0 aliphatic heterocycles. The molecule has 8 heteroatoms. The van der Waals surface area contributed by atoms with Crippen LogP contribution in [0.2, 0.25) is 0 Å². The van der Waals surface area contributed by atoms with E-state index in [-0.39, 0.29) is 0 Å². The Morgan fingerprint density at radius 3 is 1.56 bits per heavy atom. The summed E-state index contributed by atoms with van der Waals surface area (Å²) in [5.74, 6) is 13.6. The van der Waals surface area contributed by atoms with Crippen LogP contribution in [0.3, 0.4) is 0 Å².